The maximum absolute atomic E-state index is 12.3. The number of halogens is 1. The zero-order valence-corrected chi connectivity index (χ0v) is 18.6. The highest BCUT2D eigenvalue weighted by Crippen LogP contribution is 2.25. The van der Waals surface area contributed by atoms with Crippen molar-refractivity contribution < 1.29 is 13.2 Å². The number of nitrogens with one attached hydrogen (secondary N) is 2. The van der Waals surface area contributed by atoms with Crippen LogP contribution in [0.1, 0.15) is 51.4 Å². The summed E-state index contributed by atoms with van der Waals surface area (Å²) in [5, 5.41) is 3.08. The zero-order chi connectivity index (χ0) is 20.0. The SMILES string of the molecule is O=C(CCNS(=O)(=O)c1ccc(Br)cc1)NC1CCN(C2CCCCCC2)C1. The van der Waals surface area contributed by atoms with E-state index in [1.54, 1.807) is 12.1 Å². The highest BCUT2D eigenvalue weighted by Gasteiger charge is 2.29. The number of rotatable bonds is 7. The number of benzene rings is 1. The molecule has 28 heavy (non-hydrogen) atoms. The molecule has 6 nitrogen and oxygen atoms in total. The van der Waals surface area contributed by atoms with Crippen molar-refractivity contribution in [2.24, 2.45) is 0 Å². The van der Waals surface area contributed by atoms with Crippen molar-refractivity contribution in [3.05, 3.63) is 28.7 Å². The number of carbonyl (C=O) groups excluding carboxylic acids is 1. The van der Waals surface area contributed by atoms with Gasteiger partial charge in [0.1, 0.15) is 0 Å². The minimum absolute atomic E-state index is 0.0915. The molecule has 0 bridgehead atoms. The number of nitrogens with zero attached hydrogens (tertiary/aromatic N) is 1. The van der Waals surface area contributed by atoms with Gasteiger partial charge in [-0.25, -0.2) is 13.1 Å². The number of hydrogen-bond acceptors (Lipinski definition) is 4. The second kappa shape index (κ2) is 10.2. The monoisotopic (exact) mass is 471 g/mol. The molecule has 2 N–H and O–H groups in total. The lowest BCUT2D eigenvalue weighted by Crippen LogP contribution is -2.40. The molecular formula is C20H30BrN3O3S. The van der Waals surface area contributed by atoms with Crippen LogP contribution in [0.3, 0.4) is 0 Å². The summed E-state index contributed by atoms with van der Waals surface area (Å²) in [6, 6.07) is 7.28. The van der Waals surface area contributed by atoms with E-state index in [4.69, 9.17) is 0 Å². The van der Waals surface area contributed by atoms with Crippen molar-refractivity contribution in [1.82, 2.24) is 14.9 Å². The molecule has 0 spiro atoms. The maximum Gasteiger partial charge on any atom is 0.240 e. The topological polar surface area (TPSA) is 78.5 Å². The first kappa shape index (κ1) is 21.7. The first-order chi connectivity index (χ1) is 13.4. The van der Waals surface area contributed by atoms with Gasteiger partial charge in [0.15, 0.2) is 0 Å². The molecule has 0 aromatic heterocycles. The summed E-state index contributed by atoms with van der Waals surface area (Å²) in [5.74, 6) is -0.0915. The third-order valence-electron chi connectivity index (χ3n) is 5.69. The van der Waals surface area contributed by atoms with Gasteiger partial charge in [-0.3, -0.25) is 9.69 Å². The van der Waals surface area contributed by atoms with Crippen molar-refractivity contribution in [2.75, 3.05) is 19.6 Å². The molecular weight excluding hydrogens is 442 g/mol. The van der Waals surface area contributed by atoms with Gasteiger partial charge >= 0.3 is 0 Å². The molecule has 2 fully saturated rings. The van der Waals surface area contributed by atoms with E-state index in [9.17, 15) is 13.2 Å². The van der Waals surface area contributed by atoms with Crippen molar-refractivity contribution >= 4 is 31.9 Å². The number of amides is 1. The minimum atomic E-state index is -3.59. The smallest absolute Gasteiger partial charge is 0.240 e. The normalized spacial score (nSPS) is 22.1. The Morgan fingerprint density at radius 1 is 1.07 bits per heavy atom. The Morgan fingerprint density at radius 2 is 1.75 bits per heavy atom. The van der Waals surface area contributed by atoms with Crippen LogP contribution >= 0.6 is 15.9 Å². The third-order valence-corrected chi connectivity index (χ3v) is 7.70. The van der Waals surface area contributed by atoms with Gasteiger partial charge in [-0.2, -0.15) is 0 Å². The number of sulfonamides is 1. The first-order valence-electron chi connectivity index (χ1n) is 10.2. The summed E-state index contributed by atoms with van der Waals surface area (Å²) in [6.45, 7) is 2.07. The molecule has 8 heteroatoms. The molecule has 1 aliphatic carbocycles. The molecule has 2 aliphatic rings. The van der Waals surface area contributed by atoms with Gasteiger partial charge in [0.2, 0.25) is 15.9 Å². The van der Waals surface area contributed by atoms with Gasteiger partial charge in [-0.05, 0) is 43.5 Å². The quantitative estimate of drug-likeness (QED) is 0.598. The van der Waals surface area contributed by atoms with Gasteiger partial charge in [0.25, 0.3) is 0 Å². The fraction of sp³-hybridized carbons (Fsp3) is 0.650. The third kappa shape index (κ3) is 6.27. The van der Waals surface area contributed by atoms with Crippen molar-refractivity contribution in [1.29, 1.82) is 0 Å². The van der Waals surface area contributed by atoms with E-state index in [2.05, 4.69) is 30.9 Å². The van der Waals surface area contributed by atoms with Gasteiger partial charge in [-0.15, -0.1) is 0 Å². The lowest BCUT2D eigenvalue weighted by atomic mass is 10.1. The van der Waals surface area contributed by atoms with Crippen LogP contribution < -0.4 is 10.0 Å². The van der Waals surface area contributed by atoms with E-state index in [0.717, 1.165) is 24.0 Å². The molecule has 1 aromatic carbocycles. The summed E-state index contributed by atoms with van der Waals surface area (Å²) in [7, 11) is -3.59. The van der Waals surface area contributed by atoms with Crippen LogP contribution in [0, 0.1) is 0 Å². The van der Waals surface area contributed by atoms with Crippen LogP contribution in [-0.2, 0) is 14.8 Å². The average Bonchev–Trinajstić information content (AvgIpc) is 2.94. The lowest BCUT2D eigenvalue weighted by Gasteiger charge is -2.26. The van der Waals surface area contributed by atoms with Crippen LogP contribution in [0.4, 0.5) is 0 Å². The number of hydrogen-bond donors (Lipinski definition) is 2. The van der Waals surface area contributed by atoms with Crippen LogP contribution in [0.15, 0.2) is 33.6 Å². The zero-order valence-electron chi connectivity index (χ0n) is 16.2. The molecule has 0 radical (unpaired) electrons. The summed E-state index contributed by atoms with van der Waals surface area (Å²) in [4.78, 5) is 15.0. The maximum atomic E-state index is 12.3. The standard InChI is InChI=1S/C20H30BrN3O3S/c21-16-7-9-19(10-8-16)28(26,27)22-13-11-20(25)23-17-12-14-24(15-17)18-5-3-1-2-4-6-18/h7-10,17-18,22H,1-6,11-15H2,(H,23,25). The van der Waals surface area contributed by atoms with E-state index in [1.807, 2.05) is 0 Å². The number of carbonyl (C=O) groups is 1. The van der Waals surface area contributed by atoms with Crippen LogP contribution in [-0.4, -0.2) is 50.9 Å². The van der Waals surface area contributed by atoms with E-state index in [-0.39, 0.29) is 29.8 Å². The average molecular weight is 472 g/mol. The number of likely N-dealkylation sites (tertiary alicyclic amines) is 1. The lowest BCUT2D eigenvalue weighted by molar-refractivity contribution is -0.121. The molecule has 1 unspecified atom stereocenters. The molecule has 1 saturated heterocycles. The van der Waals surface area contributed by atoms with E-state index < -0.39 is 10.0 Å². The summed E-state index contributed by atoms with van der Waals surface area (Å²) < 4.78 is 27.8. The molecule has 156 valence electrons. The predicted molar refractivity (Wildman–Crippen MR) is 114 cm³/mol. The Kier molecular flexibility index (Phi) is 7.91. The molecule has 1 heterocycles. The Balaban J connectivity index is 1.39. The fourth-order valence-corrected chi connectivity index (χ4v) is 5.45. The molecule has 1 amide bonds. The van der Waals surface area contributed by atoms with Gasteiger partial charge in [-0.1, -0.05) is 41.6 Å². The second-order valence-corrected chi connectivity index (χ2v) is 10.5. The highest BCUT2D eigenvalue weighted by atomic mass is 79.9. The van der Waals surface area contributed by atoms with E-state index in [0.29, 0.717) is 6.04 Å². The van der Waals surface area contributed by atoms with Crippen LogP contribution in [0.5, 0.6) is 0 Å². The molecule has 1 atom stereocenters. The minimum Gasteiger partial charge on any atom is -0.352 e. The van der Waals surface area contributed by atoms with E-state index in [1.165, 1.54) is 50.7 Å². The van der Waals surface area contributed by atoms with Crippen LogP contribution in [0.2, 0.25) is 0 Å². The molecule has 3 rings (SSSR count). The summed E-state index contributed by atoms with van der Waals surface area (Å²) >= 11 is 3.29. The second-order valence-electron chi connectivity index (χ2n) is 7.80. The Bertz CT molecular complexity index is 746. The van der Waals surface area contributed by atoms with Gasteiger partial charge in [0.05, 0.1) is 4.90 Å². The Hall–Kier alpha value is -0.960. The van der Waals surface area contributed by atoms with Crippen LogP contribution in [0.25, 0.3) is 0 Å². The Morgan fingerprint density at radius 3 is 2.43 bits per heavy atom. The first-order valence-corrected chi connectivity index (χ1v) is 12.5. The predicted octanol–water partition coefficient (Wildman–Crippen LogP) is 3.03. The summed E-state index contributed by atoms with van der Waals surface area (Å²) in [6.07, 6.45) is 9.01. The van der Waals surface area contributed by atoms with Crippen molar-refractivity contribution in [2.45, 2.75) is 68.3 Å². The van der Waals surface area contributed by atoms with Gasteiger partial charge in [0, 0.05) is 42.6 Å². The van der Waals surface area contributed by atoms with Gasteiger partial charge < -0.3 is 5.32 Å². The van der Waals surface area contributed by atoms with Crippen molar-refractivity contribution in [3.63, 3.8) is 0 Å². The largest absolute Gasteiger partial charge is 0.352 e. The molecule has 1 saturated carbocycles. The van der Waals surface area contributed by atoms with E-state index >= 15 is 0 Å². The Labute approximate surface area is 176 Å². The molecule has 1 aliphatic heterocycles. The van der Waals surface area contributed by atoms with Crippen molar-refractivity contribution in [3.8, 4) is 0 Å². The summed E-state index contributed by atoms with van der Waals surface area (Å²) in [5.41, 5.74) is 0. The molecule has 1 aromatic rings. The highest BCUT2D eigenvalue weighted by molar-refractivity contribution is 9.10. The fourth-order valence-electron chi connectivity index (χ4n) is 4.16.